The standard InChI is InChI=1S/C8H17N5O3/c1-5(14)13-8(11,6(15)16)3-2-4-12-7(9)10/h2-4,11H2,1H3,(H,13,14)(H,15,16)(H4,9,10,12). The Balaban J connectivity index is 4.29. The van der Waals surface area contributed by atoms with Crippen LogP contribution in [0.1, 0.15) is 19.8 Å². The summed E-state index contributed by atoms with van der Waals surface area (Å²) in [6, 6.07) is 0. The van der Waals surface area contributed by atoms with E-state index in [4.69, 9.17) is 22.3 Å². The molecule has 0 saturated heterocycles. The maximum absolute atomic E-state index is 10.9. The number of carboxylic acid groups (broad SMARTS) is 1. The molecule has 0 aliphatic heterocycles. The number of carboxylic acids is 1. The summed E-state index contributed by atoms with van der Waals surface area (Å²) < 4.78 is 0. The lowest BCUT2D eigenvalue weighted by molar-refractivity contribution is -0.147. The van der Waals surface area contributed by atoms with Gasteiger partial charge >= 0.3 is 5.97 Å². The first kappa shape index (κ1) is 14.2. The van der Waals surface area contributed by atoms with Gasteiger partial charge in [-0.3, -0.25) is 15.5 Å². The Labute approximate surface area is 92.9 Å². The molecule has 8 N–H and O–H groups in total. The summed E-state index contributed by atoms with van der Waals surface area (Å²) in [7, 11) is 0. The number of nitrogens with two attached hydrogens (primary N) is 3. The van der Waals surface area contributed by atoms with Gasteiger partial charge in [0.05, 0.1) is 0 Å². The van der Waals surface area contributed by atoms with E-state index < -0.39 is 17.5 Å². The summed E-state index contributed by atoms with van der Waals surface area (Å²) in [6.45, 7) is 1.45. The van der Waals surface area contributed by atoms with Crippen LogP contribution in [-0.4, -0.2) is 35.2 Å². The van der Waals surface area contributed by atoms with Gasteiger partial charge in [-0.15, -0.1) is 0 Å². The number of carbonyl (C=O) groups excluding carboxylic acids is 1. The van der Waals surface area contributed by atoms with Crippen LogP contribution in [0, 0.1) is 0 Å². The number of hydrogen-bond acceptors (Lipinski definition) is 4. The summed E-state index contributed by atoms with van der Waals surface area (Å²) in [5.41, 5.74) is 13.9. The highest BCUT2D eigenvalue weighted by atomic mass is 16.4. The Kier molecular flexibility index (Phi) is 5.23. The van der Waals surface area contributed by atoms with Crippen LogP contribution >= 0.6 is 0 Å². The van der Waals surface area contributed by atoms with Crippen molar-refractivity contribution < 1.29 is 14.7 Å². The molecule has 0 aromatic carbocycles. The molecule has 16 heavy (non-hydrogen) atoms. The summed E-state index contributed by atoms with van der Waals surface area (Å²) in [5.74, 6) is -1.88. The predicted octanol–water partition coefficient (Wildman–Crippen LogP) is -2.08. The molecular weight excluding hydrogens is 214 g/mol. The molecule has 0 heterocycles. The lowest BCUT2D eigenvalue weighted by Crippen LogP contribution is -2.61. The highest BCUT2D eigenvalue weighted by Crippen LogP contribution is 2.06. The van der Waals surface area contributed by atoms with E-state index in [2.05, 4.69) is 10.3 Å². The van der Waals surface area contributed by atoms with Gasteiger partial charge in [0.25, 0.3) is 0 Å². The zero-order valence-electron chi connectivity index (χ0n) is 9.06. The number of guanidine groups is 1. The maximum Gasteiger partial charge on any atom is 0.344 e. The Morgan fingerprint density at radius 3 is 2.38 bits per heavy atom. The fraction of sp³-hybridized carbons (Fsp3) is 0.625. The number of rotatable bonds is 6. The van der Waals surface area contributed by atoms with E-state index >= 15 is 0 Å². The van der Waals surface area contributed by atoms with E-state index in [-0.39, 0.29) is 18.9 Å². The molecule has 1 amide bonds. The van der Waals surface area contributed by atoms with Crippen LogP contribution in [0.25, 0.3) is 0 Å². The molecule has 1 atom stereocenters. The SMILES string of the molecule is CC(=O)NC(N)(CCCN=C(N)N)C(=O)O. The molecule has 92 valence electrons. The first-order valence-corrected chi connectivity index (χ1v) is 4.64. The van der Waals surface area contributed by atoms with Crippen molar-refractivity contribution in [1.29, 1.82) is 0 Å². The molecule has 8 nitrogen and oxygen atoms in total. The Bertz CT molecular complexity index is 300. The van der Waals surface area contributed by atoms with Gasteiger partial charge in [-0.25, -0.2) is 4.79 Å². The van der Waals surface area contributed by atoms with Crippen molar-refractivity contribution in [2.75, 3.05) is 6.54 Å². The third kappa shape index (κ3) is 5.15. The molecule has 0 aliphatic carbocycles. The number of amides is 1. The van der Waals surface area contributed by atoms with Crippen LogP contribution in [0.2, 0.25) is 0 Å². The smallest absolute Gasteiger partial charge is 0.344 e. The van der Waals surface area contributed by atoms with E-state index in [0.29, 0.717) is 6.42 Å². The average Bonchev–Trinajstić information content (AvgIpc) is 2.10. The molecule has 0 bridgehead atoms. The van der Waals surface area contributed by atoms with Gasteiger partial charge < -0.3 is 21.9 Å². The number of nitrogens with one attached hydrogen (secondary N) is 1. The van der Waals surface area contributed by atoms with Crippen molar-refractivity contribution in [3.63, 3.8) is 0 Å². The van der Waals surface area contributed by atoms with E-state index in [9.17, 15) is 9.59 Å². The van der Waals surface area contributed by atoms with Crippen molar-refractivity contribution in [2.45, 2.75) is 25.4 Å². The molecule has 1 unspecified atom stereocenters. The van der Waals surface area contributed by atoms with Crippen molar-refractivity contribution in [1.82, 2.24) is 5.32 Å². The number of hydrogen-bond donors (Lipinski definition) is 5. The average molecular weight is 231 g/mol. The summed E-state index contributed by atoms with van der Waals surface area (Å²) >= 11 is 0. The van der Waals surface area contributed by atoms with Crippen LogP contribution in [0.5, 0.6) is 0 Å². The fourth-order valence-corrected chi connectivity index (χ4v) is 1.10. The van der Waals surface area contributed by atoms with Gasteiger partial charge in [0.15, 0.2) is 11.6 Å². The van der Waals surface area contributed by atoms with Crippen molar-refractivity contribution >= 4 is 17.8 Å². The molecule has 0 aliphatic rings. The number of carbonyl (C=O) groups is 2. The molecule has 0 aromatic heterocycles. The highest BCUT2D eigenvalue weighted by molar-refractivity contribution is 5.85. The van der Waals surface area contributed by atoms with Crippen LogP contribution in [0.3, 0.4) is 0 Å². The van der Waals surface area contributed by atoms with Gasteiger partial charge in [0.2, 0.25) is 5.91 Å². The largest absolute Gasteiger partial charge is 0.478 e. The second-order valence-electron chi connectivity index (χ2n) is 3.37. The zero-order chi connectivity index (χ0) is 12.8. The third-order valence-electron chi connectivity index (χ3n) is 1.80. The topological polar surface area (TPSA) is 157 Å². The van der Waals surface area contributed by atoms with Crippen molar-refractivity contribution in [3.05, 3.63) is 0 Å². The monoisotopic (exact) mass is 231 g/mol. The van der Waals surface area contributed by atoms with E-state index in [1.54, 1.807) is 0 Å². The number of nitrogens with zero attached hydrogens (tertiary/aromatic N) is 1. The van der Waals surface area contributed by atoms with E-state index in [1.165, 1.54) is 6.92 Å². The Morgan fingerprint density at radius 1 is 1.44 bits per heavy atom. The fourth-order valence-electron chi connectivity index (χ4n) is 1.10. The Hall–Kier alpha value is -1.83. The molecule has 0 aromatic rings. The third-order valence-corrected chi connectivity index (χ3v) is 1.80. The van der Waals surface area contributed by atoms with Gasteiger partial charge in [0, 0.05) is 13.5 Å². The van der Waals surface area contributed by atoms with Crippen LogP contribution < -0.4 is 22.5 Å². The van der Waals surface area contributed by atoms with Crippen LogP contribution in [-0.2, 0) is 9.59 Å². The van der Waals surface area contributed by atoms with Gasteiger partial charge in [-0.1, -0.05) is 0 Å². The quantitative estimate of drug-likeness (QED) is 0.153. The molecular formula is C8H17N5O3. The molecule has 0 radical (unpaired) electrons. The summed E-state index contributed by atoms with van der Waals surface area (Å²) in [4.78, 5) is 25.3. The lowest BCUT2D eigenvalue weighted by Gasteiger charge is -2.24. The van der Waals surface area contributed by atoms with E-state index in [1.807, 2.05) is 0 Å². The highest BCUT2D eigenvalue weighted by Gasteiger charge is 2.34. The molecule has 0 fully saturated rings. The van der Waals surface area contributed by atoms with Gasteiger partial charge in [-0.05, 0) is 12.8 Å². The van der Waals surface area contributed by atoms with Gasteiger partial charge in [0.1, 0.15) is 0 Å². The Morgan fingerprint density at radius 2 is 2.00 bits per heavy atom. The van der Waals surface area contributed by atoms with Crippen molar-refractivity contribution in [2.24, 2.45) is 22.2 Å². The molecule has 0 rings (SSSR count). The molecule has 0 saturated carbocycles. The number of aliphatic carboxylic acids is 1. The lowest BCUT2D eigenvalue weighted by atomic mass is 10.1. The molecule has 8 heteroatoms. The maximum atomic E-state index is 10.9. The minimum absolute atomic E-state index is 0.0404. The van der Waals surface area contributed by atoms with Crippen molar-refractivity contribution in [3.8, 4) is 0 Å². The normalized spacial score (nSPS) is 13.6. The zero-order valence-corrected chi connectivity index (χ0v) is 9.06. The van der Waals surface area contributed by atoms with Crippen LogP contribution in [0.4, 0.5) is 0 Å². The van der Waals surface area contributed by atoms with Gasteiger partial charge in [-0.2, -0.15) is 0 Å². The predicted molar refractivity (Wildman–Crippen MR) is 58.3 cm³/mol. The second kappa shape index (κ2) is 5.91. The minimum atomic E-state index is -1.77. The first-order chi connectivity index (χ1) is 7.28. The first-order valence-electron chi connectivity index (χ1n) is 4.64. The number of aliphatic imine (C=N–C) groups is 1. The summed E-state index contributed by atoms with van der Waals surface area (Å²) in [6.07, 6.45) is 0.389. The minimum Gasteiger partial charge on any atom is -0.478 e. The van der Waals surface area contributed by atoms with Crippen LogP contribution in [0.15, 0.2) is 4.99 Å². The van der Waals surface area contributed by atoms with E-state index in [0.717, 1.165) is 0 Å². The second-order valence-corrected chi connectivity index (χ2v) is 3.37. The molecule has 0 spiro atoms. The summed E-state index contributed by atoms with van der Waals surface area (Å²) in [5, 5.41) is 11.0.